The van der Waals surface area contributed by atoms with Gasteiger partial charge >= 0.3 is 0 Å². The van der Waals surface area contributed by atoms with E-state index in [1.54, 1.807) is 6.07 Å². The largest absolute Gasteiger partial charge is 0.378 e. The molecule has 0 aliphatic heterocycles. The third-order valence-corrected chi connectivity index (χ3v) is 5.40. The van der Waals surface area contributed by atoms with Crippen molar-refractivity contribution >= 4 is 10.0 Å². The zero-order valence-electron chi connectivity index (χ0n) is 12.8. The predicted octanol–water partition coefficient (Wildman–Crippen LogP) is 1.56. The van der Waals surface area contributed by atoms with E-state index < -0.39 is 10.0 Å². The number of sulfonamides is 1. The van der Waals surface area contributed by atoms with Crippen molar-refractivity contribution in [1.29, 1.82) is 0 Å². The maximum Gasteiger partial charge on any atom is 0.241 e. The van der Waals surface area contributed by atoms with Crippen molar-refractivity contribution in [1.82, 2.24) is 10.0 Å². The highest BCUT2D eigenvalue weighted by molar-refractivity contribution is 7.89. The summed E-state index contributed by atoms with van der Waals surface area (Å²) >= 11 is 0. The first-order valence-electron chi connectivity index (χ1n) is 7.34. The van der Waals surface area contributed by atoms with Gasteiger partial charge in [0.15, 0.2) is 0 Å². The van der Waals surface area contributed by atoms with Crippen molar-refractivity contribution in [3.05, 3.63) is 29.3 Å². The zero-order valence-corrected chi connectivity index (χ0v) is 13.7. The molecule has 0 aromatic heterocycles. The van der Waals surface area contributed by atoms with Gasteiger partial charge < -0.3 is 10.1 Å². The monoisotopic (exact) mass is 312 g/mol. The molecule has 0 atom stereocenters. The van der Waals surface area contributed by atoms with Crippen molar-refractivity contribution in [2.24, 2.45) is 0 Å². The summed E-state index contributed by atoms with van der Waals surface area (Å²) in [6.45, 7) is 5.10. The summed E-state index contributed by atoms with van der Waals surface area (Å²) in [7, 11) is -1.62. The molecule has 0 amide bonds. The molecule has 0 heterocycles. The lowest BCUT2D eigenvalue weighted by Crippen LogP contribution is -2.47. The van der Waals surface area contributed by atoms with E-state index >= 15 is 0 Å². The number of aryl methyl sites for hydroxylation is 1. The molecule has 0 saturated heterocycles. The second-order valence-corrected chi connectivity index (χ2v) is 7.18. The Bertz CT molecular complexity index is 581. The molecular weight excluding hydrogens is 288 g/mol. The van der Waals surface area contributed by atoms with E-state index in [0.29, 0.717) is 18.0 Å². The molecule has 1 aromatic carbocycles. The fraction of sp³-hybridized carbons (Fsp3) is 0.600. The maximum absolute atomic E-state index is 12.5. The molecule has 1 aromatic rings. The van der Waals surface area contributed by atoms with Crippen LogP contribution in [0.2, 0.25) is 0 Å². The second kappa shape index (κ2) is 6.87. The van der Waals surface area contributed by atoms with Crippen LogP contribution in [0.15, 0.2) is 23.1 Å². The van der Waals surface area contributed by atoms with Crippen LogP contribution in [0.5, 0.6) is 0 Å². The van der Waals surface area contributed by atoms with Crippen LogP contribution in [-0.4, -0.2) is 34.2 Å². The fourth-order valence-corrected chi connectivity index (χ4v) is 4.12. The second-order valence-electron chi connectivity index (χ2n) is 5.50. The smallest absolute Gasteiger partial charge is 0.241 e. The lowest BCUT2D eigenvalue weighted by Gasteiger charge is -2.35. The molecule has 0 unspecified atom stereocenters. The topological polar surface area (TPSA) is 67.4 Å². The Morgan fingerprint density at radius 2 is 2.05 bits per heavy atom. The van der Waals surface area contributed by atoms with Crippen LogP contribution in [0.1, 0.15) is 30.9 Å². The van der Waals surface area contributed by atoms with Crippen molar-refractivity contribution in [2.75, 3.05) is 13.7 Å². The molecule has 0 radical (unpaired) electrons. The number of hydrogen-bond donors (Lipinski definition) is 2. The standard InChI is InChI=1S/C15H24N2O3S/c1-4-20-14-8-13(9-14)17-21(18,19)15-7-12(10-16-3)6-5-11(15)2/h5-7,13-14,16-17H,4,8-10H2,1-3H3. The van der Waals surface area contributed by atoms with E-state index in [1.807, 2.05) is 33.0 Å². The minimum atomic E-state index is -3.46. The summed E-state index contributed by atoms with van der Waals surface area (Å²) in [5.74, 6) is 0. The number of rotatable bonds is 7. The Kier molecular flexibility index (Phi) is 5.37. The Balaban J connectivity index is 2.07. The summed E-state index contributed by atoms with van der Waals surface area (Å²) < 4.78 is 33.2. The van der Waals surface area contributed by atoms with Crippen LogP contribution >= 0.6 is 0 Å². The Morgan fingerprint density at radius 1 is 1.33 bits per heavy atom. The van der Waals surface area contributed by atoms with Crippen molar-refractivity contribution in [2.45, 2.75) is 50.3 Å². The van der Waals surface area contributed by atoms with E-state index in [-0.39, 0.29) is 12.1 Å². The summed E-state index contributed by atoms with van der Waals surface area (Å²) in [4.78, 5) is 0.370. The van der Waals surface area contributed by atoms with Gasteiger partial charge in [-0.15, -0.1) is 0 Å². The van der Waals surface area contributed by atoms with Gasteiger partial charge in [-0.05, 0) is 50.9 Å². The average molecular weight is 312 g/mol. The lowest BCUT2D eigenvalue weighted by atomic mass is 9.90. The summed E-state index contributed by atoms with van der Waals surface area (Å²) in [5, 5.41) is 3.03. The van der Waals surface area contributed by atoms with Crippen LogP contribution < -0.4 is 10.0 Å². The maximum atomic E-state index is 12.5. The minimum Gasteiger partial charge on any atom is -0.378 e. The first kappa shape index (κ1) is 16.4. The average Bonchev–Trinajstić information content (AvgIpc) is 2.38. The van der Waals surface area contributed by atoms with Gasteiger partial charge in [0, 0.05) is 19.2 Å². The SMILES string of the molecule is CCOC1CC(NS(=O)(=O)c2cc(CNC)ccc2C)C1. The Labute approximate surface area is 127 Å². The lowest BCUT2D eigenvalue weighted by molar-refractivity contribution is -0.00475. The quantitative estimate of drug-likeness (QED) is 0.802. The number of benzene rings is 1. The van der Waals surface area contributed by atoms with Gasteiger partial charge in [0.25, 0.3) is 0 Å². The molecule has 2 N–H and O–H groups in total. The number of nitrogens with one attached hydrogen (secondary N) is 2. The normalized spacial score (nSPS) is 22.0. The highest BCUT2D eigenvalue weighted by Crippen LogP contribution is 2.26. The molecule has 0 bridgehead atoms. The van der Waals surface area contributed by atoms with E-state index in [0.717, 1.165) is 24.0 Å². The highest BCUT2D eigenvalue weighted by atomic mass is 32.2. The van der Waals surface area contributed by atoms with Crippen LogP contribution in [0.25, 0.3) is 0 Å². The molecule has 1 fully saturated rings. The van der Waals surface area contributed by atoms with Gasteiger partial charge in [-0.3, -0.25) is 0 Å². The van der Waals surface area contributed by atoms with Gasteiger partial charge in [-0.1, -0.05) is 12.1 Å². The predicted molar refractivity (Wildman–Crippen MR) is 82.7 cm³/mol. The van der Waals surface area contributed by atoms with E-state index in [1.165, 1.54) is 0 Å². The molecule has 1 saturated carbocycles. The minimum absolute atomic E-state index is 0.0149. The molecule has 1 aliphatic carbocycles. The molecule has 0 spiro atoms. The third-order valence-electron chi connectivity index (χ3n) is 3.74. The van der Waals surface area contributed by atoms with Crippen LogP contribution in [-0.2, 0) is 21.3 Å². The molecule has 21 heavy (non-hydrogen) atoms. The van der Waals surface area contributed by atoms with Gasteiger partial charge in [0.05, 0.1) is 11.0 Å². The van der Waals surface area contributed by atoms with E-state index in [9.17, 15) is 8.42 Å². The summed E-state index contributed by atoms with van der Waals surface area (Å²) in [6.07, 6.45) is 1.70. The molecular formula is C15H24N2O3S. The van der Waals surface area contributed by atoms with Crippen LogP contribution in [0, 0.1) is 6.92 Å². The Morgan fingerprint density at radius 3 is 2.67 bits per heavy atom. The number of ether oxygens (including phenoxy) is 1. The first-order chi connectivity index (χ1) is 9.96. The highest BCUT2D eigenvalue weighted by Gasteiger charge is 2.33. The van der Waals surface area contributed by atoms with Gasteiger partial charge in [0.1, 0.15) is 0 Å². The van der Waals surface area contributed by atoms with Crippen molar-refractivity contribution in [3.63, 3.8) is 0 Å². The fourth-order valence-electron chi connectivity index (χ4n) is 2.56. The summed E-state index contributed by atoms with van der Waals surface area (Å²) in [5.41, 5.74) is 1.73. The molecule has 1 aliphatic rings. The molecule has 6 heteroatoms. The first-order valence-corrected chi connectivity index (χ1v) is 8.82. The van der Waals surface area contributed by atoms with E-state index in [2.05, 4.69) is 10.0 Å². The molecule has 5 nitrogen and oxygen atoms in total. The van der Waals surface area contributed by atoms with Crippen molar-refractivity contribution in [3.8, 4) is 0 Å². The number of hydrogen-bond acceptors (Lipinski definition) is 4. The third kappa shape index (κ3) is 4.03. The molecule has 2 rings (SSSR count). The van der Waals surface area contributed by atoms with Crippen LogP contribution in [0.4, 0.5) is 0 Å². The summed E-state index contributed by atoms with van der Waals surface area (Å²) in [6, 6.07) is 5.52. The van der Waals surface area contributed by atoms with E-state index in [4.69, 9.17) is 4.74 Å². The van der Waals surface area contributed by atoms with Gasteiger partial charge in [0.2, 0.25) is 10.0 Å². The van der Waals surface area contributed by atoms with Crippen molar-refractivity contribution < 1.29 is 13.2 Å². The Hall–Kier alpha value is -0.950. The zero-order chi connectivity index (χ0) is 15.5. The van der Waals surface area contributed by atoms with Crippen LogP contribution in [0.3, 0.4) is 0 Å². The van der Waals surface area contributed by atoms with Gasteiger partial charge in [-0.2, -0.15) is 0 Å². The molecule has 118 valence electrons. The van der Waals surface area contributed by atoms with Gasteiger partial charge in [-0.25, -0.2) is 13.1 Å².